The number of aromatic nitrogens is 2. The van der Waals surface area contributed by atoms with Crippen LogP contribution in [0.2, 0.25) is 5.02 Å². The molecule has 4 rings (SSSR count). The maximum atomic E-state index is 12.6. The Morgan fingerprint density at radius 3 is 2.67 bits per heavy atom. The molecular weight excluding hydrogens is 400 g/mol. The van der Waals surface area contributed by atoms with Gasteiger partial charge < -0.3 is 15.3 Å². The third kappa shape index (κ3) is 4.02. The highest BCUT2D eigenvalue weighted by Gasteiger charge is 2.40. The average Bonchev–Trinajstić information content (AvgIpc) is 3.21. The summed E-state index contributed by atoms with van der Waals surface area (Å²) < 4.78 is 0. The summed E-state index contributed by atoms with van der Waals surface area (Å²) in [5.41, 5.74) is 2.00. The third-order valence-corrected chi connectivity index (χ3v) is 6.62. The van der Waals surface area contributed by atoms with Crippen molar-refractivity contribution < 1.29 is 9.90 Å². The normalized spacial score (nSPS) is 16.6. The number of hydrogen-bond acceptors (Lipinski definition) is 3. The van der Waals surface area contributed by atoms with Gasteiger partial charge in [-0.1, -0.05) is 43.6 Å². The minimum absolute atomic E-state index is 0.0768. The highest BCUT2D eigenvalue weighted by atomic mass is 35.5. The van der Waals surface area contributed by atoms with Gasteiger partial charge in [0.15, 0.2) is 0 Å². The van der Waals surface area contributed by atoms with Crippen molar-refractivity contribution in [3.8, 4) is 0 Å². The fourth-order valence-electron chi connectivity index (χ4n) is 4.44. The lowest BCUT2D eigenvalue weighted by molar-refractivity contribution is -0.0138. The molecule has 0 saturated carbocycles. The number of para-hydroxylation sites is 1. The van der Waals surface area contributed by atoms with E-state index in [2.05, 4.69) is 29.4 Å². The zero-order chi connectivity index (χ0) is 21.3. The number of piperidine rings is 1. The number of anilines is 1. The van der Waals surface area contributed by atoms with Gasteiger partial charge in [-0.2, -0.15) is 5.10 Å². The molecule has 1 fully saturated rings. The SMILES string of the molecule is CC(C)(C1CCN(C(=O)Nc2ccccc2)CC1)[C@H](O)c1cc(Cl)cc2cn[nH]c12. The molecule has 0 unspecified atom stereocenters. The molecule has 2 amide bonds. The second-order valence-electron chi connectivity index (χ2n) is 8.61. The molecule has 158 valence electrons. The number of nitrogens with one attached hydrogen (secondary N) is 2. The first kappa shape index (κ1) is 20.7. The average molecular weight is 427 g/mol. The van der Waals surface area contributed by atoms with Gasteiger partial charge in [-0.05, 0) is 48.4 Å². The van der Waals surface area contributed by atoms with Gasteiger partial charge in [-0.3, -0.25) is 5.10 Å². The van der Waals surface area contributed by atoms with Crippen molar-refractivity contribution in [2.24, 2.45) is 11.3 Å². The van der Waals surface area contributed by atoms with Gasteiger partial charge in [0.1, 0.15) is 0 Å². The van der Waals surface area contributed by atoms with Crippen LogP contribution >= 0.6 is 11.6 Å². The molecule has 30 heavy (non-hydrogen) atoms. The van der Waals surface area contributed by atoms with Crippen LogP contribution in [0.25, 0.3) is 10.9 Å². The lowest BCUT2D eigenvalue weighted by Crippen LogP contribution is -2.45. The van der Waals surface area contributed by atoms with Crippen LogP contribution in [-0.4, -0.2) is 39.3 Å². The number of hydrogen-bond donors (Lipinski definition) is 3. The molecule has 3 aromatic rings. The Morgan fingerprint density at radius 2 is 1.97 bits per heavy atom. The van der Waals surface area contributed by atoms with Crippen LogP contribution in [0.3, 0.4) is 0 Å². The first-order valence-electron chi connectivity index (χ1n) is 10.3. The van der Waals surface area contributed by atoms with E-state index in [1.165, 1.54) is 0 Å². The molecule has 0 aliphatic carbocycles. The zero-order valence-electron chi connectivity index (χ0n) is 17.2. The van der Waals surface area contributed by atoms with Crippen molar-refractivity contribution >= 4 is 34.2 Å². The number of aliphatic hydroxyl groups is 1. The summed E-state index contributed by atoms with van der Waals surface area (Å²) in [5.74, 6) is 0.269. The minimum Gasteiger partial charge on any atom is -0.388 e. The van der Waals surface area contributed by atoms with Gasteiger partial charge in [0, 0.05) is 34.7 Å². The summed E-state index contributed by atoms with van der Waals surface area (Å²) in [6.07, 6.45) is 2.68. The van der Waals surface area contributed by atoms with E-state index >= 15 is 0 Å². The van der Waals surface area contributed by atoms with Crippen molar-refractivity contribution in [2.45, 2.75) is 32.8 Å². The fraction of sp³-hybridized carbons (Fsp3) is 0.391. The number of likely N-dealkylation sites (tertiary alicyclic amines) is 1. The highest BCUT2D eigenvalue weighted by Crippen LogP contribution is 2.46. The Morgan fingerprint density at radius 1 is 1.27 bits per heavy atom. The van der Waals surface area contributed by atoms with Crippen molar-refractivity contribution in [1.29, 1.82) is 0 Å². The zero-order valence-corrected chi connectivity index (χ0v) is 18.0. The number of aliphatic hydroxyl groups excluding tert-OH is 1. The van der Waals surface area contributed by atoms with Crippen molar-refractivity contribution in [3.05, 3.63) is 59.2 Å². The van der Waals surface area contributed by atoms with Crippen molar-refractivity contribution in [1.82, 2.24) is 15.1 Å². The number of carbonyl (C=O) groups excluding carboxylic acids is 1. The molecule has 1 atom stereocenters. The van der Waals surface area contributed by atoms with E-state index in [1.54, 1.807) is 6.20 Å². The Bertz CT molecular complexity index is 1030. The molecule has 1 aliphatic heterocycles. The van der Waals surface area contributed by atoms with E-state index in [-0.39, 0.29) is 17.4 Å². The minimum atomic E-state index is -0.700. The van der Waals surface area contributed by atoms with E-state index < -0.39 is 6.10 Å². The number of amides is 2. The van der Waals surface area contributed by atoms with E-state index in [9.17, 15) is 9.90 Å². The van der Waals surface area contributed by atoms with Crippen LogP contribution in [0.5, 0.6) is 0 Å². The fourth-order valence-corrected chi connectivity index (χ4v) is 4.67. The number of rotatable bonds is 4. The topological polar surface area (TPSA) is 81.2 Å². The van der Waals surface area contributed by atoms with Gasteiger partial charge in [-0.15, -0.1) is 0 Å². The summed E-state index contributed by atoms with van der Waals surface area (Å²) in [6, 6.07) is 13.1. The lowest BCUT2D eigenvalue weighted by atomic mass is 9.68. The third-order valence-electron chi connectivity index (χ3n) is 6.40. The van der Waals surface area contributed by atoms with Crippen LogP contribution in [0.15, 0.2) is 48.7 Å². The van der Waals surface area contributed by atoms with Gasteiger partial charge >= 0.3 is 6.03 Å². The number of benzene rings is 2. The highest BCUT2D eigenvalue weighted by molar-refractivity contribution is 6.31. The Kier molecular flexibility index (Phi) is 5.71. The van der Waals surface area contributed by atoms with Gasteiger partial charge in [0.25, 0.3) is 0 Å². The molecule has 0 bridgehead atoms. The molecule has 2 heterocycles. The van der Waals surface area contributed by atoms with Gasteiger partial charge in [0.2, 0.25) is 0 Å². The van der Waals surface area contributed by atoms with Crippen LogP contribution in [0.4, 0.5) is 10.5 Å². The second-order valence-corrected chi connectivity index (χ2v) is 9.05. The number of urea groups is 1. The van der Waals surface area contributed by atoms with Crippen LogP contribution < -0.4 is 5.32 Å². The van der Waals surface area contributed by atoms with E-state index in [0.717, 1.165) is 35.0 Å². The molecule has 7 heteroatoms. The quantitative estimate of drug-likeness (QED) is 0.535. The monoisotopic (exact) mass is 426 g/mol. The van der Waals surface area contributed by atoms with Crippen LogP contribution in [0.1, 0.15) is 38.4 Å². The first-order valence-corrected chi connectivity index (χ1v) is 10.7. The lowest BCUT2D eigenvalue weighted by Gasteiger charge is -2.43. The maximum absolute atomic E-state index is 12.6. The predicted molar refractivity (Wildman–Crippen MR) is 120 cm³/mol. The number of aromatic amines is 1. The number of nitrogens with zero attached hydrogens (tertiary/aromatic N) is 2. The van der Waals surface area contributed by atoms with Gasteiger partial charge in [-0.25, -0.2) is 4.79 Å². The number of H-pyrrole nitrogens is 1. The summed E-state index contributed by atoms with van der Waals surface area (Å²) in [5, 5.41) is 22.8. The summed E-state index contributed by atoms with van der Waals surface area (Å²) >= 11 is 6.28. The Labute approximate surface area is 181 Å². The molecular formula is C23H27ClN4O2. The molecule has 1 aromatic heterocycles. The molecule has 2 aromatic carbocycles. The van der Waals surface area contributed by atoms with Crippen molar-refractivity contribution in [2.75, 3.05) is 18.4 Å². The Hall–Kier alpha value is -2.57. The first-order chi connectivity index (χ1) is 14.4. The van der Waals surface area contributed by atoms with Gasteiger partial charge in [0.05, 0.1) is 17.8 Å². The molecule has 0 spiro atoms. The number of fused-ring (bicyclic) bond motifs is 1. The summed E-state index contributed by atoms with van der Waals surface area (Å²) in [6.45, 7) is 5.50. The molecule has 6 nitrogen and oxygen atoms in total. The predicted octanol–water partition coefficient (Wildman–Crippen LogP) is 5.22. The van der Waals surface area contributed by atoms with Crippen molar-refractivity contribution in [3.63, 3.8) is 0 Å². The van der Waals surface area contributed by atoms with Crippen LogP contribution in [-0.2, 0) is 0 Å². The molecule has 3 N–H and O–H groups in total. The summed E-state index contributed by atoms with van der Waals surface area (Å²) in [7, 11) is 0. The second kappa shape index (κ2) is 8.28. The molecule has 0 radical (unpaired) electrons. The molecule has 1 aliphatic rings. The maximum Gasteiger partial charge on any atom is 0.321 e. The number of halogens is 1. The Balaban J connectivity index is 1.44. The number of carbonyl (C=O) groups is 1. The van der Waals surface area contributed by atoms with E-state index in [1.807, 2.05) is 47.4 Å². The van der Waals surface area contributed by atoms with Crippen LogP contribution in [0, 0.1) is 11.3 Å². The van der Waals surface area contributed by atoms with E-state index in [0.29, 0.717) is 18.1 Å². The standard InChI is InChI=1S/C23H27ClN4O2/c1-23(2,21(29)19-13-17(24)12-15-14-25-27-20(15)19)16-8-10-28(11-9-16)22(30)26-18-6-4-3-5-7-18/h3-7,12-14,16,21,29H,8-11H2,1-2H3,(H,25,27)(H,26,30)/t21-/m1/s1. The van der Waals surface area contributed by atoms with E-state index in [4.69, 9.17) is 11.6 Å². The molecule has 1 saturated heterocycles. The summed E-state index contributed by atoms with van der Waals surface area (Å²) in [4.78, 5) is 14.4. The largest absolute Gasteiger partial charge is 0.388 e. The smallest absolute Gasteiger partial charge is 0.321 e.